The molecule has 0 bridgehead atoms. The number of carbonyl (C=O) groups is 1. The average Bonchev–Trinajstić information content (AvgIpc) is 2.66. The van der Waals surface area contributed by atoms with Crippen LogP contribution in [0.15, 0.2) is 24.3 Å². The summed E-state index contributed by atoms with van der Waals surface area (Å²) < 4.78 is 15.8. The van der Waals surface area contributed by atoms with Crippen LogP contribution < -0.4 is 20.1 Å². The molecule has 1 aromatic rings. The third-order valence-corrected chi connectivity index (χ3v) is 3.74. The molecule has 0 aliphatic carbocycles. The van der Waals surface area contributed by atoms with Gasteiger partial charge in [-0.05, 0) is 12.1 Å². The summed E-state index contributed by atoms with van der Waals surface area (Å²) in [5.41, 5.74) is 0. The lowest BCUT2D eigenvalue weighted by Gasteiger charge is -2.27. The van der Waals surface area contributed by atoms with Crippen LogP contribution in [0.5, 0.6) is 11.5 Å². The molecule has 0 radical (unpaired) electrons. The summed E-state index contributed by atoms with van der Waals surface area (Å²) in [6.45, 7) is 4.07. The third-order valence-electron chi connectivity index (χ3n) is 3.74. The number of rotatable bonds is 9. The Balaban J connectivity index is 1.53. The fraction of sp³-hybridized carbons (Fsp3) is 0.588. The molecular weight excluding hydrogens is 326 g/mol. The number of nitrogens with zero attached hydrogens (tertiary/aromatic N) is 1. The number of aliphatic hydroxyl groups excluding tert-OH is 1. The maximum absolute atomic E-state index is 11.9. The Labute approximate surface area is 148 Å². The first kappa shape index (κ1) is 19.3. The smallest absolute Gasteiger partial charge is 0.317 e. The van der Waals surface area contributed by atoms with Gasteiger partial charge in [0.1, 0.15) is 24.2 Å². The molecule has 1 fully saturated rings. The standard InChI is InChI=1S/C17H27N3O5/c1-23-15-3-2-4-16(11-15)25-13-14(21)12-18-5-6-19-17(22)20-7-9-24-10-8-20/h2-4,11,14,18,21H,5-10,12-13H2,1H3,(H,19,22). The predicted molar refractivity (Wildman–Crippen MR) is 93.2 cm³/mol. The zero-order valence-electron chi connectivity index (χ0n) is 14.6. The van der Waals surface area contributed by atoms with Crippen LogP contribution in [0.25, 0.3) is 0 Å². The van der Waals surface area contributed by atoms with Gasteiger partial charge in [-0.1, -0.05) is 6.07 Å². The highest BCUT2D eigenvalue weighted by Crippen LogP contribution is 2.18. The molecular formula is C17H27N3O5. The van der Waals surface area contributed by atoms with Crippen molar-refractivity contribution < 1.29 is 24.1 Å². The zero-order valence-corrected chi connectivity index (χ0v) is 14.6. The van der Waals surface area contributed by atoms with Crippen molar-refractivity contribution in [3.8, 4) is 11.5 Å². The maximum atomic E-state index is 11.9. The minimum absolute atomic E-state index is 0.0768. The summed E-state index contributed by atoms with van der Waals surface area (Å²) in [7, 11) is 1.59. The second-order valence-electron chi connectivity index (χ2n) is 5.68. The Morgan fingerprint density at radius 1 is 1.32 bits per heavy atom. The van der Waals surface area contributed by atoms with Crippen molar-refractivity contribution in [2.24, 2.45) is 0 Å². The minimum atomic E-state index is -0.638. The fourth-order valence-corrected chi connectivity index (χ4v) is 2.35. The molecule has 0 spiro atoms. The molecule has 1 saturated heterocycles. The lowest BCUT2D eigenvalue weighted by molar-refractivity contribution is 0.0532. The highest BCUT2D eigenvalue weighted by atomic mass is 16.5. The van der Waals surface area contributed by atoms with Gasteiger partial charge in [0.05, 0.1) is 20.3 Å². The molecule has 2 amide bonds. The van der Waals surface area contributed by atoms with Crippen molar-refractivity contribution in [2.45, 2.75) is 6.10 Å². The highest BCUT2D eigenvalue weighted by molar-refractivity contribution is 5.74. The van der Waals surface area contributed by atoms with E-state index in [2.05, 4.69) is 10.6 Å². The first-order valence-electron chi connectivity index (χ1n) is 8.45. The van der Waals surface area contributed by atoms with Crippen molar-refractivity contribution in [2.75, 3.05) is 59.7 Å². The first-order chi connectivity index (χ1) is 12.2. The molecule has 8 heteroatoms. The molecule has 1 aliphatic heterocycles. The van der Waals surface area contributed by atoms with Gasteiger partial charge in [-0.2, -0.15) is 0 Å². The molecule has 1 heterocycles. The Hall–Kier alpha value is -2.03. The number of amides is 2. The van der Waals surface area contributed by atoms with E-state index in [1.165, 1.54) is 0 Å². The van der Waals surface area contributed by atoms with Gasteiger partial charge in [0.15, 0.2) is 0 Å². The van der Waals surface area contributed by atoms with Crippen LogP contribution in [0, 0.1) is 0 Å². The van der Waals surface area contributed by atoms with E-state index in [0.717, 1.165) is 0 Å². The van der Waals surface area contributed by atoms with E-state index >= 15 is 0 Å². The molecule has 3 N–H and O–H groups in total. The monoisotopic (exact) mass is 353 g/mol. The molecule has 0 aromatic heterocycles. The summed E-state index contributed by atoms with van der Waals surface area (Å²) in [4.78, 5) is 13.6. The van der Waals surface area contributed by atoms with Crippen molar-refractivity contribution in [3.63, 3.8) is 0 Å². The van der Waals surface area contributed by atoms with Gasteiger partial charge >= 0.3 is 6.03 Å². The van der Waals surface area contributed by atoms with Crippen LogP contribution >= 0.6 is 0 Å². The maximum Gasteiger partial charge on any atom is 0.317 e. The number of hydrogen-bond acceptors (Lipinski definition) is 6. The fourth-order valence-electron chi connectivity index (χ4n) is 2.35. The van der Waals surface area contributed by atoms with Crippen LogP contribution in [-0.2, 0) is 4.74 Å². The van der Waals surface area contributed by atoms with Crippen LogP contribution in [-0.4, -0.2) is 81.8 Å². The third kappa shape index (κ3) is 7.16. The lowest BCUT2D eigenvalue weighted by atomic mass is 10.3. The Morgan fingerprint density at radius 2 is 2.08 bits per heavy atom. The number of aliphatic hydroxyl groups is 1. The number of hydrogen-bond donors (Lipinski definition) is 3. The number of benzene rings is 1. The van der Waals surface area contributed by atoms with Gasteiger partial charge in [-0.25, -0.2) is 4.79 Å². The number of urea groups is 1. The summed E-state index contributed by atoms with van der Waals surface area (Å²) in [6.07, 6.45) is -0.638. The normalized spacial score (nSPS) is 15.5. The largest absolute Gasteiger partial charge is 0.497 e. The van der Waals surface area contributed by atoms with Gasteiger partial charge < -0.3 is 34.9 Å². The van der Waals surface area contributed by atoms with E-state index in [0.29, 0.717) is 57.4 Å². The minimum Gasteiger partial charge on any atom is -0.497 e. The second kappa shape index (κ2) is 10.8. The number of ether oxygens (including phenoxy) is 3. The molecule has 140 valence electrons. The lowest BCUT2D eigenvalue weighted by Crippen LogP contribution is -2.47. The second-order valence-corrected chi connectivity index (χ2v) is 5.68. The summed E-state index contributed by atoms with van der Waals surface area (Å²) in [5, 5.41) is 15.8. The van der Waals surface area contributed by atoms with Crippen LogP contribution in [0.4, 0.5) is 4.79 Å². The number of methoxy groups -OCH3 is 1. The van der Waals surface area contributed by atoms with Crippen molar-refractivity contribution in [1.29, 1.82) is 0 Å². The van der Waals surface area contributed by atoms with Gasteiger partial charge in [-0.15, -0.1) is 0 Å². The SMILES string of the molecule is COc1cccc(OCC(O)CNCCNC(=O)N2CCOCC2)c1. The highest BCUT2D eigenvalue weighted by Gasteiger charge is 2.15. The molecule has 8 nitrogen and oxygen atoms in total. The molecule has 1 aromatic carbocycles. The topological polar surface area (TPSA) is 92.3 Å². The summed E-state index contributed by atoms with van der Waals surface area (Å²) in [6, 6.07) is 7.16. The molecule has 0 saturated carbocycles. The quantitative estimate of drug-likeness (QED) is 0.544. The molecule has 25 heavy (non-hydrogen) atoms. The molecule has 1 unspecified atom stereocenters. The summed E-state index contributed by atoms with van der Waals surface area (Å²) >= 11 is 0. The van der Waals surface area contributed by atoms with E-state index in [-0.39, 0.29) is 12.6 Å². The van der Waals surface area contributed by atoms with Crippen molar-refractivity contribution in [3.05, 3.63) is 24.3 Å². The van der Waals surface area contributed by atoms with E-state index in [1.54, 1.807) is 18.1 Å². The molecule has 1 atom stereocenters. The summed E-state index contributed by atoms with van der Waals surface area (Å²) in [5.74, 6) is 1.36. The van der Waals surface area contributed by atoms with Crippen LogP contribution in [0.1, 0.15) is 0 Å². The van der Waals surface area contributed by atoms with E-state index < -0.39 is 6.10 Å². The first-order valence-corrected chi connectivity index (χ1v) is 8.45. The Bertz CT molecular complexity index is 523. The van der Waals surface area contributed by atoms with Crippen molar-refractivity contribution in [1.82, 2.24) is 15.5 Å². The van der Waals surface area contributed by atoms with Gasteiger partial charge in [0.2, 0.25) is 0 Å². The number of nitrogens with one attached hydrogen (secondary N) is 2. The van der Waals surface area contributed by atoms with Crippen LogP contribution in [0.2, 0.25) is 0 Å². The van der Waals surface area contributed by atoms with Gasteiger partial charge in [0, 0.05) is 38.8 Å². The van der Waals surface area contributed by atoms with E-state index in [1.807, 2.05) is 18.2 Å². The predicted octanol–water partition coefficient (Wildman–Crippen LogP) is 0.0663. The van der Waals surface area contributed by atoms with Crippen LogP contribution in [0.3, 0.4) is 0 Å². The molecule has 2 rings (SSSR count). The zero-order chi connectivity index (χ0) is 17.9. The number of morpholine rings is 1. The average molecular weight is 353 g/mol. The van der Waals surface area contributed by atoms with Gasteiger partial charge in [0.25, 0.3) is 0 Å². The van der Waals surface area contributed by atoms with Crippen molar-refractivity contribution >= 4 is 6.03 Å². The number of carbonyl (C=O) groups excluding carboxylic acids is 1. The molecule has 1 aliphatic rings. The van der Waals surface area contributed by atoms with E-state index in [4.69, 9.17) is 14.2 Å². The Morgan fingerprint density at radius 3 is 2.84 bits per heavy atom. The van der Waals surface area contributed by atoms with Gasteiger partial charge in [-0.3, -0.25) is 0 Å². The van der Waals surface area contributed by atoms with E-state index in [9.17, 15) is 9.90 Å². The Kier molecular flexibility index (Phi) is 8.30.